The van der Waals surface area contributed by atoms with E-state index in [2.05, 4.69) is 109 Å². The van der Waals surface area contributed by atoms with Gasteiger partial charge in [-0.25, -0.2) is 4.98 Å². The number of rotatable bonds is 4. The van der Waals surface area contributed by atoms with E-state index in [9.17, 15) is 0 Å². The van der Waals surface area contributed by atoms with E-state index in [1.165, 1.54) is 0 Å². The molecule has 0 aliphatic carbocycles. The molecule has 4 N–H and O–H groups in total. The second-order valence-corrected chi connectivity index (χ2v) is 13.0. The third-order valence-electron chi connectivity index (χ3n) is 9.72. The number of aromatic amines is 4. The number of aryl methyl sites for hydroxylation is 4. The Labute approximate surface area is 286 Å². The zero-order chi connectivity index (χ0) is 34.3. The van der Waals surface area contributed by atoms with E-state index in [1.807, 2.05) is 72.4 Å². The maximum atomic E-state index is 5.08. The fraction of sp³-hybridized carbons (Fsp3) is 0.158. The molecule has 0 saturated heterocycles. The first-order chi connectivity index (χ1) is 24.2. The normalized spacial score (nSPS) is 13.2. The van der Waals surface area contributed by atoms with Gasteiger partial charge in [-0.2, -0.15) is 15.3 Å². The van der Waals surface area contributed by atoms with Gasteiger partial charge >= 0.3 is 0 Å². The minimum Gasteiger partial charge on any atom is -0.354 e. The Balaban J connectivity index is 1.45. The van der Waals surface area contributed by atoms with Crippen LogP contribution in [0.2, 0.25) is 0 Å². The molecule has 0 saturated carbocycles. The van der Waals surface area contributed by atoms with Crippen molar-refractivity contribution < 1.29 is 0 Å². The molecular weight excluding hydrogens is 625 g/mol. The lowest BCUT2D eigenvalue weighted by Gasteiger charge is -2.08. The molecule has 1 aliphatic heterocycles. The van der Waals surface area contributed by atoms with Crippen molar-refractivity contribution in [1.29, 1.82) is 0 Å². The summed E-state index contributed by atoms with van der Waals surface area (Å²) in [6.45, 7) is 4.16. The number of hydrogen-bond acceptors (Lipinski definition) is 4. The molecule has 1 aliphatic rings. The topological polar surface area (TPSA) is 134 Å². The molecule has 0 amide bonds. The minimum atomic E-state index is 0.869. The fourth-order valence-electron chi connectivity index (χ4n) is 7.09. The summed E-state index contributed by atoms with van der Waals surface area (Å²) in [6, 6.07) is 17.1. The van der Waals surface area contributed by atoms with Gasteiger partial charge in [0, 0.05) is 119 Å². The van der Waals surface area contributed by atoms with Gasteiger partial charge in [0.15, 0.2) is 0 Å². The van der Waals surface area contributed by atoms with Crippen LogP contribution in [-0.2, 0) is 28.2 Å². The van der Waals surface area contributed by atoms with Crippen molar-refractivity contribution in [2.45, 2.75) is 13.8 Å². The lowest BCUT2D eigenvalue weighted by molar-refractivity contribution is 0.767. The number of H-pyrrole nitrogens is 4. The van der Waals surface area contributed by atoms with E-state index in [1.54, 1.807) is 0 Å². The Kier molecular flexibility index (Phi) is 6.50. The van der Waals surface area contributed by atoms with Crippen LogP contribution >= 0.6 is 0 Å². The summed E-state index contributed by atoms with van der Waals surface area (Å²) < 4.78 is 7.65. The van der Waals surface area contributed by atoms with Gasteiger partial charge in [0.25, 0.3) is 0 Å². The van der Waals surface area contributed by atoms with Crippen LogP contribution in [0.4, 0.5) is 0 Å². The first-order valence-electron chi connectivity index (χ1n) is 16.5. The Morgan fingerprint density at radius 3 is 1.14 bits per heavy atom. The maximum Gasteiger partial charge on any atom is 0.144 e. The molecule has 12 heteroatoms. The summed E-state index contributed by atoms with van der Waals surface area (Å²) in [5.41, 5.74) is 12.9. The predicted molar refractivity (Wildman–Crippen MR) is 190 cm³/mol. The second-order valence-electron chi connectivity index (χ2n) is 13.0. The Morgan fingerprint density at radius 2 is 0.820 bits per heavy atom. The monoisotopic (exact) mass is 660 g/mol. The summed E-state index contributed by atoms with van der Waals surface area (Å²) in [5.74, 6) is 0.869. The van der Waals surface area contributed by atoms with Gasteiger partial charge in [0.2, 0.25) is 0 Å². The van der Waals surface area contributed by atoms with E-state index in [0.29, 0.717) is 0 Å². The largest absolute Gasteiger partial charge is 0.354 e. The molecule has 0 aromatic carbocycles. The highest BCUT2D eigenvalue weighted by atomic mass is 15.2. The summed E-state index contributed by atoms with van der Waals surface area (Å²) in [4.78, 5) is 20.2. The standard InChI is InChI=1S/C38H36N12/c1-21-22(2)50(6)38(42-21)37-32-13-11-30(45-32)35(24-16-40-48(4)19-24)28-9-7-26(43-28)34(23-15-39-47(3)18-23)27-8-10-29(44-27)36(25-17-41-49(5)20-25)31-12-14-33(37)46-31/h7-20,43-46H,1-6H3. The molecule has 0 fully saturated rings. The predicted octanol–water partition coefficient (Wildman–Crippen LogP) is 1.85. The average Bonchev–Trinajstić information content (AvgIpc) is 3.93. The van der Waals surface area contributed by atoms with Crippen LogP contribution in [0.3, 0.4) is 0 Å². The summed E-state index contributed by atoms with van der Waals surface area (Å²) in [7, 11) is 7.89. The van der Waals surface area contributed by atoms with E-state index in [0.717, 1.165) is 100 Å². The molecule has 0 unspecified atom stereocenters. The molecule has 50 heavy (non-hydrogen) atoms. The van der Waals surface area contributed by atoms with Gasteiger partial charge in [0.1, 0.15) is 5.82 Å². The van der Waals surface area contributed by atoms with E-state index < -0.39 is 0 Å². The lowest BCUT2D eigenvalue weighted by Crippen LogP contribution is -2.19. The molecular formula is C38H36N12. The van der Waals surface area contributed by atoms with Crippen molar-refractivity contribution in [3.05, 3.63) is 164 Å². The van der Waals surface area contributed by atoms with Crippen LogP contribution in [0.15, 0.2) is 85.7 Å². The van der Waals surface area contributed by atoms with Crippen LogP contribution in [0.25, 0.3) is 22.3 Å². The molecule has 9 rings (SSSR count). The molecule has 248 valence electrons. The van der Waals surface area contributed by atoms with Crippen molar-refractivity contribution in [1.82, 2.24) is 58.8 Å². The van der Waals surface area contributed by atoms with E-state index in [-0.39, 0.29) is 0 Å². The van der Waals surface area contributed by atoms with Crippen LogP contribution < -0.4 is 21.4 Å². The zero-order valence-electron chi connectivity index (χ0n) is 28.7. The lowest BCUT2D eigenvalue weighted by atomic mass is 10.1. The third kappa shape index (κ3) is 4.67. The molecule has 0 spiro atoms. The van der Waals surface area contributed by atoms with Gasteiger partial charge in [0.05, 0.1) is 40.9 Å². The molecule has 9 heterocycles. The van der Waals surface area contributed by atoms with Crippen LogP contribution in [0, 0.1) is 13.8 Å². The Hall–Kier alpha value is -6.56. The van der Waals surface area contributed by atoms with Gasteiger partial charge < -0.3 is 24.5 Å². The molecule has 8 aromatic heterocycles. The molecule has 8 bridgehead atoms. The van der Waals surface area contributed by atoms with Crippen LogP contribution in [0.5, 0.6) is 0 Å². The van der Waals surface area contributed by atoms with Crippen LogP contribution in [0.1, 0.15) is 56.7 Å². The minimum absolute atomic E-state index is 0.869. The first kappa shape index (κ1) is 29.6. The summed E-state index contributed by atoms with van der Waals surface area (Å²) in [5, 5.41) is 17.4. The van der Waals surface area contributed by atoms with E-state index >= 15 is 0 Å². The van der Waals surface area contributed by atoms with Crippen molar-refractivity contribution in [2.75, 3.05) is 0 Å². The number of hydrogen-bond donors (Lipinski definition) is 4. The summed E-state index contributed by atoms with van der Waals surface area (Å²) >= 11 is 0. The van der Waals surface area contributed by atoms with Crippen LogP contribution in [-0.4, -0.2) is 58.8 Å². The van der Waals surface area contributed by atoms with Crippen molar-refractivity contribution >= 4 is 22.3 Å². The maximum absolute atomic E-state index is 5.08. The van der Waals surface area contributed by atoms with Crippen molar-refractivity contribution in [2.24, 2.45) is 28.2 Å². The second kappa shape index (κ2) is 11.0. The quantitative estimate of drug-likeness (QED) is 0.229. The van der Waals surface area contributed by atoms with Gasteiger partial charge in [-0.3, -0.25) is 14.0 Å². The summed E-state index contributed by atoms with van der Waals surface area (Å²) in [6.07, 6.45) is 11.8. The highest BCUT2D eigenvalue weighted by Crippen LogP contribution is 2.27. The SMILES string of the molecule is Cc1nc(C2=c3ccc([nH]3)=C(c3cnn(C)c3)c3ccc([nH]3)C(c3cnn(C)c3)=c3ccc([nH]3)=C(c3cnn(C)c3)c3ccc2[nH]3)n(C)c1C. The Morgan fingerprint density at radius 1 is 0.460 bits per heavy atom. The first-order valence-corrected chi connectivity index (χ1v) is 16.5. The van der Waals surface area contributed by atoms with Gasteiger partial charge in [-0.15, -0.1) is 0 Å². The highest BCUT2D eigenvalue weighted by Gasteiger charge is 2.21. The number of imidazole rings is 1. The van der Waals surface area contributed by atoms with Gasteiger partial charge in [-0.05, 0) is 62.4 Å². The number of nitrogens with zero attached hydrogens (tertiary/aromatic N) is 8. The molecule has 0 atom stereocenters. The zero-order valence-corrected chi connectivity index (χ0v) is 28.7. The molecule has 0 radical (unpaired) electrons. The van der Waals surface area contributed by atoms with E-state index in [4.69, 9.17) is 4.98 Å². The molecule has 12 nitrogen and oxygen atoms in total. The smallest absolute Gasteiger partial charge is 0.144 e. The third-order valence-corrected chi connectivity index (χ3v) is 9.72. The average molecular weight is 661 g/mol. The number of nitrogens with one attached hydrogen (secondary N) is 4. The Bertz CT molecular complexity index is 2840. The highest BCUT2D eigenvalue weighted by molar-refractivity contribution is 5.83. The van der Waals surface area contributed by atoms with Gasteiger partial charge in [-0.1, -0.05) is 0 Å². The van der Waals surface area contributed by atoms with Crippen molar-refractivity contribution in [3.8, 4) is 0 Å². The number of fused-ring (bicyclic) bond motifs is 8. The fourth-order valence-corrected chi connectivity index (χ4v) is 7.09. The number of aromatic nitrogens is 12. The molecule has 8 aromatic rings. The van der Waals surface area contributed by atoms with Crippen molar-refractivity contribution in [3.63, 3.8) is 0 Å².